The van der Waals surface area contributed by atoms with Crippen molar-refractivity contribution in [3.63, 3.8) is 0 Å². The van der Waals surface area contributed by atoms with Gasteiger partial charge in [0.25, 0.3) is 0 Å². The zero-order valence-electron chi connectivity index (χ0n) is 12.2. The van der Waals surface area contributed by atoms with Gasteiger partial charge in [0.15, 0.2) is 0 Å². The van der Waals surface area contributed by atoms with Crippen LogP contribution in [0, 0.1) is 17.6 Å². The van der Waals surface area contributed by atoms with E-state index in [-0.39, 0.29) is 5.56 Å². The lowest BCUT2D eigenvalue weighted by Gasteiger charge is -2.19. The molecule has 0 heterocycles. The molecule has 2 aromatic rings. The number of hydrazine groups is 1. The predicted octanol–water partition coefficient (Wildman–Crippen LogP) is 3.72. The van der Waals surface area contributed by atoms with Crippen LogP contribution in [0.4, 0.5) is 8.78 Å². The van der Waals surface area contributed by atoms with Crippen LogP contribution in [0.1, 0.15) is 36.6 Å². The monoisotopic (exact) mass is 290 g/mol. The zero-order valence-corrected chi connectivity index (χ0v) is 12.2. The van der Waals surface area contributed by atoms with Crippen LogP contribution in [0.5, 0.6) is 0 Å². The second-order valence-electron chi connectivity index (χ2n) is 5.61. The standard InChI is InChI=1S/C17H20F2N2/c1-11(2)8-12-4-3-5-13(9-12)17(21-20)15-10-14(18)6-7-16(15)19/h3-7,9-11,17,21H,8,20H2,1-2H3. The van der Waals surface area contributed by atoms with Gasteiger partial charge in [-0.25, -0.2) is 14.2 Å². The number of benzene rings is 2. The maximum atomic E-state index is 13.9. The number of hydrogen-bond acceptors (Lipinski definition) is 2. The molecule has 0 fully saturated rings. The lowest BCUT2D eigenvalue weighted by atomic mass is 9.94. The van der Waals surface area contributed by atoms with Gasteiger partial charge in [0.05, 0.1) is 6.04 Å². The minimum Gasteiger partial charge on any atom is -0.271 e. The molecule has 0 radical (unpaired) electrons. The van der Waals surface area contributed by atoms with Gasteiger partial charge in [-0.05, 0) is 41.7 Å². The lowest BCUT2D eigenvalue weighted by molar-refractivity contribution is 0.545. The maximum Gasteiger partial charge on any atom is 0.128 e. The molecule has 0 amide bonds. The van der Waals surface area contributed by atoms with Crippen LogP contribution in [0.25, 0.3) is 0 Å². The van der Waals surface area contributed by atoms with Gasteiger partial charge in [-0.1, -0.05) is 38.1 Å². The number of nitrogens with one attached hydrogen (secondary N) is 1. The van der Waals surface area contributed by atoms with E-state index in [4.69, 9.17) is 5.84 Å². The number of rotatable bonds is 5. The molecule has 2 nitrogen and oxygen atoms in total. The van der Waals surface area contributed by atoms with Gasteiger partial charge >= 0.3 is 0 Å². The number of hydrogen-bond donors (Lipinski definition) is 2. The molecule has 0 aliphatic rings. The van der Waals surface area contributed by atoms with Crippen molar-refractivity contribution in [1.29, 1.82) is 0 Å². The van der Waals surface area contributed by atoms with Crippen LogP contribution >= 0.6 is 0 Å². The van der Waals surface area contributed by atoms with Crippen molar-refractivity contribution in [2.45, 2.75) is 26.3 Å². The molecule has 4 heteroatoms. The molecule has 0 spiro atoms. The van der Waals surface area contributed by atoms with Gasteiger partial charge in [-0.15, -0.1) is 0 Å². The summed E-state index contributed by atoms with van der Waals surface area (Å²) in [5.74, 6) is 5.13. The first-order valence-electron chi connectivity index (χ1n) is 7.01. The van der Waals surface area contributed by atoms with E-state index in [1.54, 1.807) is 0 Å². The Balaban J connectivity index is 2.39. The van der Waals surface area contributed by atoms with Crippen molar-refractivity contribution in [2.75, 3.05) is 0 Å². The van der Waals surface area contributed by atoms with Crippen molar-refractivity contribution in [1.82, 2.24) is 5.43 Å². The maximum absolute atomic E-state index is 13.9. The summed E-state index contributed by atoms with van der Waals surface area (Å²) >= 11 is 0. The van der Waals surface area contributed by atoms with E-state index in [0.29, 0.717) is 5.92 Å². The average Bonchev–Trinajstić information content (AvgIpc) is 2.43. The second kappa shape index (κ2) is 6.78. The number of halogens is 2. The zero-order chi connectivity index (χ0) is 15.4. The summed E-state index contributed by atoms with van der Waals surface area (Å²) in [5, 5.41) is 0. The van der Waals surface area contributed by atoms with Crippen molar-refractivity contribution >= 4 is 0 Å². The SMILES string of the molecule is CC(C)Cc1cccc(C(NN)c2cc(F)ccc2F)c1. The Morgan fingerprint density at radius 1 is 1.10 bits per heavy atom. The summed E-state index contributed by atoms with van der Waals surface area (Å²) < 4.78 is 27.3. The summed E-state index contributed by atoms with van der Waals surface area (Å²) in [5.41, 5.74) is 4.76. The Morgan fingerprint density at radius 2 is 1.86 bits per heavy atom. The summed E-state index contributed by atoms with van der Waals surface area (Å²) in [4.78, 5) is 0. The Bertz CT molecular complexity index is 611. The fourth-order valence-electron chi connectivity index (χ4n) is 2.47. The Kier molecular flexibility index (Phi) is 5.04. The van der Waals surface area contributed by atoms with Crippen molar-refractivity contribution in [3.8, 4) is 0 Å². The van der Waals surface area contributed by atoms with Crippen LogP contribution < -0.4 is 11.3 Å². The molecule has 0 saturated heterocycles. The van der Waals surface area contributed by atoms with Gasteiger partial charge in [0.1, 0.15) is 11.6 Å². The van der Waals surface area contributed by atoms with E-state index < -0.39 is 17.7 Å². The fraction of sp³-hybridized carbons (Fsp3) is 0.294. The molecule has 0 aromatic heterocycles. The third-order valence-corrected chi connectivity index (χ3v) is 3.36. The lowest BCUT2D eigenvalue weighted by Crippen LogP contribution is -2.29. The highest BCUT2D eigenvalue weighted by atomic mass is 19.1. The Hall–Kier alpha value is -1.78. The molecule has 112 valence electrons. The first kappa shape index (κ1) is 15.6. The summed E-state index contributed by atoms with van der Waals surface area (Å²) in [7, 11) is 0. The van der Waals surface area contributed by atoms with Crippen molar-refractivity contribution in [3.05, 3.63) is 70.8 Å². The summed E-state index contributed by atoms with van der Waals surface area (Å²) in [6, 6.07) is 10.6. The molecule has 0 bridgehead atoms. The van der Waals surface area contributed by atoms with Gasteiger partial charge in [-0.2, -0.15) is 0 Å². The smallest absolute Gasteiger partial charge is 0.128 e. The molecule has 1 unspecified atom stereocenters. The minimum atomic E-state index is -0.576. The van der Waals surface area contributed by atoms with E-state index in [0.717, 1.165) is 29.7 Å². The van der Waals surface area contributed by atoms with E-state index in [9.17, 15) is 8.78 Å². The molecular formula is C17H20F2N2. The number of nitrogens with two attached hydrogens (primary N) is 1. The van der Waals surface area contributed by atoms with Crippen LogP contribution in [-0.4, -0.2) is 0 Å². The molecule has 0 aliphatic carbocycles. The highest BCUT2D eigenvalue weighted by Gasteiger charge is 2.17. The van der Waals surface area contributed by atoms with E-state index >= 15 is 0 Å². The Morgan fingerprint density at radius 3 is 2.52 bits per heavy atom. The van der Waals surface area contributed by atoms with Gasteiger partial charge in [0, 0.05) is 5.56 Å². The van der Waals surface area contributed by atoms with E-state index in [2.05, 4.69) is 19.3 Å². The van der Waals surface area contributed by atoms with Crippen LogP contribution in [0.2, 0.25) is 0 Å². The van der Waals surface area contributed by atoms with Crippen molar-refractivity contribution < 1.29 is 8.78 Å². The molecule has 2 rings (SSSR count). The molecule has 2 aromatic carbocycles. The quantitative estimate of drug-likeness (QED) is 0.650. The topological polar surface area (TPSA) is 38.0 Å². The van der Waals surface area contributed by atoms with Gasteiger partial charge in [-0.3, -0.25) is 5.84 Å². The molecule has 0 aliphatic heterocycles. The van der Waals surface area contributed by atoms with Crippen LogP contribution in [-0.2, 0) is 6.42 Å². The van der Waals surface area contributed by atoms with Gasteiger partial charge in [0.2, 0.25) is 0 Å². The fourth-order valence-corrected chi connectivity index (χ4v) is 2.47. The molecule has 3 N–H and O–H groups in total. The Labute approximate surface area is 124 Å². The summed E-state index contributed by atoms with van der Waals surface area (Å²) in [6.07, 6.45) is 0.927. The second-order valence-corrected chi connectivity index (χ2v) is 5.61. The summed E-state index contributed by atoms with van der Waals surface area (Å²) in [6.45, 7) is 4.27. The first-order chi connectivity index (χ1) is 10.0. The molecular weight excluding hydrogens is 270 g/mol. The molecule has 21 heavy (non-hydrogen) atoms. The first-order valence-corrected chi connectivity index (χ1v) is 7.01. The average molecular weight is 290 g/mol. The third kappa shape index (κ3) is 3.86. The predicted molar refractivity (Wildman–Crippen MR) is 80.5 cm³/mol. The third-order valence-electron chi connectivity index (χ3n) is 3.36. The highest BCUT2D eigenvalue weighted by Crippen LogP contribution is 2.25. The minimum absolute atomic E-state index is 0.208. The van der Waals surface area contributed by atoms with E-state index in [1.807, 2.05) is 24.3 Å². The molecule has 1 atom stereocenters. The highest BCUT2D eigenvalue weighted by molar-refractivity contribution is 5.35. The van der Waals surface area contributed by atoms with E-state index in [1.165, 1.54) is 6.07 Å². The van der Waals surface area contributed by atoms with Crippen LogP contribution in [0.3, 0.4) is 0 Å². The van der Waals surface area contributed by atoms with Crippen molar-refractivity contribution in [2.24, 2.45) is 11.8 Å². The molecule has 0 saturated carbocycles. The van der Waals surface area contributed by atoms with Gasteiger partial charge < -0.3 is 0 Å². The van der Waals surface area contributed by atoms with Crippen LogP contribution in [0.15, 0.2) is 42.5 Å². The normalized spacial score (nSPS) is 12.7. The largest absolute Gasteiger partial charge is 0.271 e.